The van der Waals surface area contributed by atoms with E-state index in [-0.39, 0.29) is 11.6 Å². The molecule has 0 aliphatic heterocycles. The van der Waals surface area contributed by atoms with Gasteiger partial charge in [-0.1, -0.05) is 5.21 Å². The summed E-state index contributed by atoms with van der Waals surface area (Å²) >= 11 is 0. The molecule has 0 radical (unpaired) electrons. The number of hydrogen-bond donors (Lipinski definition) is 2. The molecule has 2 rings (SSSR count). The summed E-state index contributed by atoms with van der Waals surface area (Å²) in [6.45, 7) is 0.636. The Hall–Kier alpha value is -2.71. The SMILES string of the molecule is Cn1ccc(C(=O)NCCn2cc(C(=O)O)nn2)n1. The molecule has 100 valence electrons. The lowest BCUT2D eigenvalue weighted by Gasteiger charge is -2.02. The molecule has 0 aliphatic carbocycles. The Balaban J connectivity index is 1.83. The topological polar surface area (TPSA) is 115 Å². The molecule has 0 saturated carbocycles. The zero-order valence-electron chi connectivity index (χ0n) is 10.1. The van der Waals surface area contributed by atoms with E-state index in [0.717, 1.165) is 0 Å². The van der Waals surface area contributed by atoms with Crippen LogP contribution in [0.25, 0.3) is 0 Å². The standard InChI is InChI=1S/C10H12N6O3/c1-15-4-2-7(13-15)9(17)11-3-5-16-6-8(10(18)19)12-14-16/h2,4,6H,3,5H2,1H3,(H,11,17)(H,18,19). The minimum Gasteiger partial charge on any atom is -0.476 e. The summed E-state index contributed by atoms with van der Waals surface area (Å²) in [6.07, 6.45) is 2.97. The van der Waals surface area contributed by atoms with Gasteiger partial charge >= 0.3 is 5.97 Å². The highest BCUT2D eigenvalue weighted by Gasteiger charge is 2.10. The summed E-state index contributed by atoms with van der Waals surface area (Å²) < 4.78 is 2.88. The Morgan fingerprint density at radius 2 is 2.21 bits per heavy atom. The van der Waals surface area contributed by atoms with Gasteiger partial charge in [-0.25, -0.2) is 9.48 Å². The van der Waals surface area contributed by atoms with Crippen LogP contribution in [-0.2, 0) is 13.6 Å². The first kappa shape index (κ1) is 12.7. The average Bonchev–Trinajstić information content (AvgIpc) is 2.98. The van der Waals surface area contributed by atoms with Gasteiger partial charge in [0.1, 0.15) is 5.69 Å². The second-order valence-electron chi connectivity index (χ2n) is 3.80. The first-order valence-corrected chi connectivity index (χ1v) is 5.47. The summed E-state index contributed by atoms with van der Waals surface area (Å²) in [5, 5.41) is 22.4. The van der Waals surface area contributed by atoms with Gasteiger partial charge in [0.2, 0.25) is 0 Å². The highest BCUT2D eigenvalue weighted by atomic mass is 16.4. The number of carboxylic acid groups (broad SMARTS) is 1. The lowest BCUT2D eigenvalue weighted by atomic mass is 10.4. The second-order valence-corrected chi connectivity index (χ2v) is 3.80. The van der Waals surface area contributed by atoms with Crippen LogP contribution in [-0.4, -0.2) is 48.3 Å². The molecule has 0 unspecified atom stereocenters. The maximum Gasteiger partial charge on any atom is 0.358 e. The molecule has 2 N–H and O–H groups in total. The monoisotopic (exact) mass is 264 g/mol. The molecule has 0 aliphatic rings. The molecular weight excluding hydrogens is 252 g/mol. The Bertz CT molecular complexity index is 602. The Labute approximate surface area is 107 Å². The summed E-state index contributed by atoms with van der Waals surface area (Å²) in [5.41, 5.74) is 0.198. The second kappa shape index (κ2) is 5.29. The first-order valence-electron chi connectivity index (χ1n) is 5.47. The van der Waals surface area contributed by atoms with Crippen molar-refractivity contribution in [1.82, 2.24) is 30.1 Å². The van der Waals surface area contributed by atoms with Crippen molar-refractivity contribution < 1.29 is 14.7 Å². The molecule has 0 bridgehead atoms. The van der Waals surface area contributed by atoms with Crippen LogP contribution in [0.1, 0.15) is 21.0 Å². The fourth-order valence-corrected chi connectivity index (χ4v) is 1.42. The largest absolute Gasteiger partial charge is 0.476 e. The minimum absolute atomic E-state index is 0.129. The maximum atomic E-state index is 11.6. The van der Waals surface area contributed by atoms with Gasteiger partial charge in [0.15, 0.2) is 5.69 Å². The van der Waals surface area contributed by atoms with Crippen LogP contribution in [0.15, 0.2) is 18.5 Å². The number of carbonyl (C=O) groups excluding carboxylic acids is 1. The van der Waals surface area contributed by atoms with Crippen molar-refractivity contribution in [1.29, 1.82) is 0 Å². The number of carboxylic acids is 1. The third-order valence-corrected chi connectivity index (χ3v) is 2.33. The molecule has 2 aromatic heterocycles. The Kier molecular flexibility index (Phi) is 3.55. The van der Waals surface area contributed by atoms with Crippen LogP contribution < -0.4 is 5.32 Å². The number of amides is 1. The van der Waals surface area contributed by atoms with Gasteiger partial charge in [0.25, 0.3) is 5.91 Å². The summed E-state index contributed by atoms with van der Waals surface area (Å²) in [7, 11) is 1.72. The number of rotatable bonds is 5. The third kappa shape index (κ3) is 3.15. The molecular formula is C10H12N6O3. The Morgan fingerprint density at radius 3 is 2.79 bits per heavy atom. The van der Waals surface area contributed by atoms with Gasteiger partial charge < -0.3 is 10.4 Å². The molecule has 9 heteroatoms. The number of hydrogen-bond acceptors (Lipinski definition) is 5. The van der Waals surface area contributed by atoms with Crippen LogP contribution in [0, 0.1) is 0 Å². The number of carbonyl (C=O) groups is 2. The normalized spacial score (nSPS) is 10.4. The smallest absolute Gasteiger partial charge is 0.358 e. The molecule has 2 aromatic rings. The van der Waals surface area contributed by atoms with Crippen LogP contribution in [0.4, 0.5) is 0 Å². The highest BCUT2D eigenvalue weighted by molar-refractivity contribution is 5.92. The van der Waals surface area contributed by atoms with E-state index in [1.165, 1.54) is 15.6 Å². The van der Waals surface area contributed by atoms with E-state index in [9.17, 15) is 9.59 Å². The van der Waals surface area contributed by atoms with E-state index < -0.39 is 5.97 Å². The molecule has 19 heavy (non-hydrogen) atoms. The van der Waals surface area contributed by atoms with Crippen molar-refractivity contribution in [2.75, 3.05) is 6.54 Å². The predicted octanol–water partition coefficient (Wildman–Crippen LogP) is -0.860. The quantitative estimate of drug-likeness (QED) is 0.726. The molecule has 0 fully saturated rings. The fourth-order valence-electron chi connectivity index (χ4n) is 1.42. The summed E-state index contributed by atoms with van der Waals surface area (Å²) in [4.78, 5) is 22.2. The van der Waals surface area contributed by atoms with Crippen LogP contribution >= 0.6 is 0 Å². The zero-order chi connectivity index (χ0) is 13.8. The van der Waals surface area contributed by atoms with E-state index in [2.05, 4.69) is 20.7 Å². The number of aryl methyl sites for hydroxylation is 1. The average molecular weight is 264 g/mol. The van der Waals surface area contributed by atoms with Crippen molar-refractivity contribution >= 4 is 11.9 Å². The number of nitrogens with zero attached hydrogens (tertiary/aromatic N) is 5. The molecule has 2 heterocycles. The lowest BCUT2D eigenvalue weighted by molar-refractivity contribution is 0.0690. The van der Waals surface area contributed by atoms with Crippen molar-refractivity contribution in [3.05, 3.63) is 29.8 Å². The number of aromatic carboxylic acids is 1. The van der Waals surface area contributed by atoms with Gasteiger partial charge in [-0.3, -0.25) is 9.48 Å². The van der Waals surface area contributed by atoms with Gasteiger partial charge in [0.05, 0.1) is 12.7 Å². The van der Waals surface area contributed by atoms with E-state index in [4.69, 9.17) is 5.11 Å². The predicted molar refractivity (Wildman–Crippen MR) is 62.5 cm³/mol. The van der Waals surface area contributed by atoms with Crippen LogP contribution in [0.3, 0.4) is 0 Å². The first-order chi connectivity index (χ1) is 9.06. The van der Waals surface area contributed by atoms with Gasteiger partial charge in [-0.05, 0) is 6.07 Å². The lowest BCUT2D eigenvalue weighted by Crippen LogP contribution is -2.27. The molecule has 1 amide bonds. The molecule has 0 atom stereocenters. The van der Waals surface area contributed by atoms with Crippen molar-refractivity contribution in [2.24, 2.45) is 7.05 Å². The van der Waals surface area contributed by atoms with Gasteiger partial charge in [-0.15, -0.1) is 5.10 Å². The zero-order valence-corrected chi connectivity index (χ0v) is 10.1. The van der Waals surface area contributed by atoms with Crippen molar-refractivity contribution in [3.8, 4) is 0 Å². The minimum atomic E-state index is -1.14. The van der Waals surface area contributed by atoms with E-state index >= 15 is 0 Å². The van der Waals surface area contributed by atoms with Crippen molar-refractivity contribution in [2.45, 2.75) is 6.54 Å². The maximum absolute atomic E-state index is 11.6. The van der Waals surface area contributed by atoms with E-state index in [1.54, 1.807) is 19.3 Å². The summed E-state index contributed by atoms with van der Waals surface area (Å²) in [6, 6.07) is 1.60. The molecule has 0 saturated heterocycles. The van der Waals surface area contributed by atoms with Gasteiger partial charge in [0, 0.05) is 19.8 Å². The summed E-state index contributed by atoms with van der Waals surface area (Å²) in [5.74, 6) is -1.43. The third-order valence-electron chi connectivity index (χ3n) is 2.33. The van der Waals surface area contributed by atoms with Crippen LogP contribution in [0.5, 0.6) is 0 Å². The van der Waals surface area contributed by atoms with Crippen molar-refractivity contribution in [3.63, 3.8) is 0 Å². The fraction of sp³-hybridized carbons (Fsp3) is 0.300. The van der Waals surface area contributed by atoms with E-state index in [1.807, 2.05) is 0 Å². The number of nitrogens with one attached hydrogen (secondary N) is 1. The van der Waals surface area contributed by atoms with E-state index in [0.29, 0.717) is 18.8 Å². The van der Waals surface area contributed by atoms with Gasteiger partial charge in [-0.2, -0.15) is 5.10 Å². The Morgan fingerprint density at radius 1 is 1.42 bits per heavy atom. The molecule has 0 spiro atoms. The van der Waals surface area contributed by atoms with Crippen LogP contribution in [0.2, 0.25) is 0 Å². The number of aromatic nitrogens is 5. The highest BCUT2D eigenvalue weighted by Crippen LogP contribution is 1.94. The molecule has 9 nitrogen and oxygen atoms in total. The molecule has 0 aromatic carbocycles.